The fraction of sp³-hybridized carbons (Fsp3) is 0.500. The predicted octanol–water partition coefficient (Wildman–Crippen LogP) is 2.51. The molecule has 0 radical (unpaired) electrons. The van der Waals surface area contributed by atoms with Crippen LogP contribution in [-0.2, 0) is 16.6 Å². The van der Waals surface area contributed by atoms with Crippen molar-refractivity contribution in [2.24, 2.45) is 7.05 Å². The Morgan fingerprint density at radius 3 is 2.68 bits per heavy atom. The van der Waals surface area contributed by atoms with Crippen LogP contribution in [0.15, 0.2) is 23.0 Å². The number of aryl methyl sites for hydroxylation is 1. The van der Waals surface area contributed by atoms with Gasteiger partial charge in [-0.05, 0) is 33.3 Å². The number of ether oxygens (including phenoxy) is 1. The third-order valence-electron chi connectivity index (χ3n) is 4.31. The highest BCUT2D eigenvalue weighted by molar-refractivity contribution is 5.94. The van der Waals surface area contributed by atoms with Crippen molar-refractivity contribution in [2.75, 3.05) is 6.54 Å². The fourth-order valence-corrected chi connectivity index (χ4v) is 3.28. The number of rotatable bonds is 1. The number of likely N-dealkylation sites (tertiary alicyclic amines) is 1. The molecule has 1 aromatic heterocycles. The van der Waals surface area contributed by atoms with Gasteiger partial charge in [0.15, 0.2) is 5.78 Å². The van der Waals surface area contributed by atoms with Crippen LogP contribution in [0.4, 0.5) is 4.79 Å². The molecule has 7 heteroatoms. The normalized spacial score (nSPS) is 18.6. The van der Waals surface area contributed by atoms with E-state index < -0.39 is 17.7 Å². The van der Waals surface area contributed by atoms with Gasteiger partial charge in [0.25, 0.3) is 0 Å². The Hall–Kier alpha value is -2.57. The Labute approximate surface area is 145 Å². The number of para-hydroxylation sites is 1. The van der Waals surface area contributed by atoms with Crippen LogP contribution in [-0.4, -0.2) is 38.5 Å². The molecule has 0 aliphatic carbocycles. The van der Waals surface area contributed by atoms with Gasteiger partial charge in [0.2, 0.25) is 0 Å². The lowest BCUT2D eigenvalue weighted by Gasteiger charge is -2.36. The molecule has 1 N–H and O–H groups in total. The zero-order valence-electron chi connectivity index (χ0n) is 15.0. The Kier molecular flexibility index (Phi) is 4.18. The first-order valence-corrected chi connectivity index (χ1v) is 8.39. The molecule has 1 fully saturated rings. The lowest BCUT2D eigenvalue weighted by molar-refractivity contribution is -0.127. The SMILES string of the molecule is Cn1c(=O)[nH]c2cccc(C3C(=O)CCCN3C(=O)OC(C)(C)C)c21. The maximum Gasteiger partial charge on any atom is 0.411 e. The summed E-state index contributed by atoms with van der Waals surface area (Å²) in [6, 6.07) is 4.61. The molecular weight excluding hydrogens is 322 g/mol. The quantitative estimate of drug-likeness (QED) is 0.861. The minimum Gasteiger partial charge on any atom is -0.444 e. The van der Waals surface area contributed by atoms with E-state index in [2.05, 4.69) is 4.98 Å². The minimum atomic E-state index is -0.742. The second-order valence-corrected chi connectivity index (χ2v) is 7.38. The maximum absolute atomic E-state index is 12.7. The molecule has 1 amide bonds. The number of nitrogens with zero attached hydrogens (tertiary/aromatic N) is 2. The molecule has 1 aliphatic rings. The van der Waals surface area contributed by atoms with Crippen LogP contribution < -0.4 is 5.69 Å². The highest BCUT2D eigenvalue weighted by atomic mass is 16.6. The average molecular weight is 345 g/mol. The number of ketones is 1. The van der Waals surface area contributed by atoms with E-state index in [0.717, 1.165) is 0 Å². The standard InChI is InChI=1S/C18H23N3O4/c1-18(2,3)25-17(24)21-10-6-9-13(22)15(21)11-7-5-8-12-14(11)20(4)16(23)19-12/h5,7-8,15H,6,9-10H2,1-4H3,(H,19,23). The summed E-state index contributed by atoms with van der Waals surface area (Å²) in [6.07, 6.45) is 0.498. The molecule has 1 aromatic carbocycles. The number of fused-ring (bicyclic) bond motifs is 1. The van der Waals surface area contributed by atoms with Gasteiger partial charge in [0, 0.05) is 25.6 Å². The number of carbonyl (C=O) groups is 2. The van der Waals surface area contributed by atoms with Crippen molar-refractivity contribution in [1.82, 2.24) is 14.5 Å². The van der Waals surface area contributed by atoms with Gasteiger partial charge >= 0.3 is 11.8 Å². The van der Waals surface area contributed by atoms with Crippen LogP contribution in [0.3, 0.4) is 0 Å². The van der Waals surface area contributed by atoms with Gasteiger partial charge in [0.1, 0.15) is 11.6 Å². The highest BCUT2D eigenvalue weighted by Gasteiger charge is 2.37. The van der Waals surface area contributed by atoms with Crippen molar-refractivity contribution >= 4 is 22.9 Å². The summed E-state index contributed by atoms with van der Waals surface area (Å²) >= 11 is 0. The molecule has 2 aromatic rings. The van der Waals surface area contributed by atoms with E-state index >= 15 is 0 Å². The van der Waals surface area contributed by atoms with Crippen molar-refractivity contribution in [3.63, 3.8) is 0 Å². The minimum absolute atomic E-state index is 0.0433. The van der Waals surface area contributed by atoms with Crippen LogP contribution >= 0.6 is 0 Å². The summed E-state index contributed by atoms with van der Waals surface area (Å²) in [4.78, 5) is 41.5. The van der Waals surface area contributed by atoms with Gasteiger partial charge in [-0.25, -0.2) is 9.59 Å². The van der Waals surface area contributed by atoms with E-state index in [1.807, 2.05) is 0 Å². The third-order valence-corrected chi connectivity index (χ3v) is 4.31. The van der Waals surface area contributed by atoms with Gasteiger partial charge in [0.05, 0.1) is 11.0 Å². The van der Waals surface area contributed by atoms with Gasteiger partial charge in [-0.3, -0.25) is 14.3 Å². The number of Topliss-reactive ketones (excluding diaryl/α,β-unsaturated/α-hetero) is 1. The van der Waals surface area contributed by atoms with Gasteiger partial charge in [-0.1, -0.05) is 12.1 Å². The molecule has 134 valence electrons. The van der Waals surface area contributed by atoms with E-state index in [1.165, 1.54) is 9.47 Å². The Bertz CT molecular complexity index is 888. The van der Waals surface area contributed by atoms with Crippen molar-refractivity contribution in [3.05, 3.63) is 34.2 Å². The van der Waals surface area contributed by atoms with E-state index in [-0.39, 0.29) is 11.5 Å². The zero-order chi connectivity index (χ0) is 18.4. The molecule has 7 nitrogen and oxygen atoms in total. The molecule has 0 saturated carbocycles. The monoisotopic (exact) mass is 345 g/mol. The summed E-state index contributed by atoms with van der Waals surface area (Å²) in [7, 11) is 1.65. The first-order chi connectivity index (χ1) is 11.7. The van der Waals surface area contributed by atoms with Crippen LogP contribution in [0.1, 0.15) is 45.2 Å². The molecule has 1 atom stereocenters. The Balaban J connectivity index is 2.10. The number of H-pyrrole nitrogens is 1. The van der Waals surface area contributed by atoms with Crippen molar-refractivity contribution in [3.8, 4) is 0 Å². The number of aromatic amines is 1. The lowest BCUT2D eigenvalue weighted by atomic mass is 9.93. The number of hydrogen-bond acceptors (Lipinski definition) is 4. The van der Waals surface area contributed by atoms with E-state index in [4.69, 9.17) is 4.74 Å². The molecule has 0 spiro atoms. The number of hydrogen-bond donors (Lipinski definition) is 1. The van der Waals surface area contributed by atoms with Gasteiger partial charge in [-0.15, -0.1) is 0 Å². The molecule has 3 rings (SSSR count). The zero-order valence-corrected chi connectivity index (χ0v) is 15.0. The highest BCUT2D eigenvalue weighted by Crippen LogP contribution is 2.33. The predicted molar refractivity (Wildman–Crippen MR) is 93.5 cm³/mol. The molecule has 25 heavy (non-hydrogen) atoms. The number of piperidine rings is 1. The van der Waals surface area contributed by atoms with Crippen LogP contribution in [0, 0.1) is 0 Å². The fourth-order valence-electron chi connectivity index (χ4n) is 3.28. The average Bonchev–Trinajstić information content (AvgIpc) is 2.80. The topological polar surface area (TPSA) is 84.4 Å². The molecule has 1 unspecified atom stereocenters. The molecule has 0 bridgehead atoms. The van der Waals surface area contributed by atoms with Crippen molar-refractivity contribution in [1.29, 1.82) is 0 Å². The largest absolute Gasteiger partial charge is 0.444 e. The van der Waals surface area contributed by atoms with Crippen LogP contribution in [0.2, 0.25) is 0 Å². The van der Waals surface area contributed by atoms with E-state index in [9.17, 15) is 14.4 Å². The number of aromatic nitrogens is 2. The first kappa shape index (κ1) is 17.3. The Morgan fingerprint density at radius 2 is 2.00 bits per heavy atom. The summed E-state index contributed by atoms with van der Waals surface area (Å²) in [5, 5.41) is 0. The molecule has 2 heterocycles. The molecule has 1 aliphatic heterocycles. The summed E-state index contributed by atoms with van der Waals surface area (Å²) in [5.74, 6) is -0.0433. The number of nitrogens with one attached hydrogen (secondary N) is 1. The number of benzene rings is 1. The smallest absolute Gasteiger partial charge is 0.411 e. The van der Waals surface area contributed by atoms with Gasteiger partial charge < -0.3 is 9.72 Å². The molecular formula is C18H23N3O4. The summed E-state index contributed by atoms with van der Waals surface area (Å²) in [6.45, 7) is 5.83. The van der Waals surface area contributed by atoms with E-state index in [1.54, 1.807) is 46.0 Å². The van der Waals surface area contributed by atoms with Crippen molar-refractivity contribution in [2.45, 2.75) is 45.3 Å². The number of carbonyl (C=O) groups excluding carboxylic acids is 2. The number of amides is 1. The maximum atomic E-state index is 12.7. The number of imidazole rings is 1. The second kappa shape index (κ2) is 6.06. The lowest BCUT2D eigenvalue weighted by Crippen LogP contribution is -2.45. The second-order valence-electron chi connectivity index (χ2n) is 7.38. The Morgan fingerprint density at radius 1 is 1.28 bits per heavy atom. The van der Waals surface area contributed by atoms with Crippen LogP contribution in [0.5, 0.6) is 0 Å². The summed E-state index contributed by atoms with van der Waals surface area (Å²) in [5.41, 5.74) is 1.03. The first-order valence-electron chi connectivity index (χ1n) is 8.39. The molecule has 1 saturated heterocycles. The van der Waals surface area contributed by atoms with Gasteiger partial charge in [-0.2, -0.15) is 0 Å². The van der Waals surface area contributed by atoms with E-state index in [0.29, 0.717) is 36.0 Å². The van der Waals surface area contributed by atoms with Crippen molar-refractivity contribution < 1.29 is 14.3 Å². The third kappa shape index (κ3) is 3.18. The summed E-state index contributed by atoms with van der Waals surface area (Å²) < 4.78 is 6.96. The van der Waals surface area contributed by atoms with Crippen LogP contribution in [0.25, 0.3) is 11.0 Å².